The van der Waals surface area contributed by atoms with E-state index in [1.165, 1.54) is 0 Å². The van der Waals surface area contributed by atoms with Crippen molar-refractivity contribution >= 4 is 43.5 Å². The number of rotatable bonds is 3. The molecule has 0 atom stereocenters. The molecule has 1 aliphatic carbocycles. The molecule has 0 N–H and O–H groups in total. The minimum absolute atomic E-state index is 0.101. The lowest BCUT2D eigenvalue weighted by Crippen LogP contribution is -2.34. The van der Waals surface area contributed by atoms with Gasteiger partial charge in [-0.25, -0.2) is 4.98 Å². The fraction of sp³-hybridized carbons (Fsp3) is 0.467. The van der Waals surface area contributed by atoms with E-state index in [-0.39, 0.29) is 5.97 Å². The maximum atomic E-state index is 12.4. The van der Waals surface area contributed by atoms with E-state index in [1.807, 2.05) is 25.1 Å². The average molecular weight is 354 g/mol. The number of fused-ring (bicyclic) bond motifs is 1. The molecule has 0 unspecified atom stereocenters. The van der Waals surface area contributed by atoms with Crippen molar-refractivity contribution in [3.05, 3.63) is 27.7 Å². The van der Waals surface area contributed by atoms with Crippen LogP contribution in [0.25, 0.3) is 10.2 Å². The molecule has 106 valence electrons. The van der Waals surface area contributed by atoms with Gasteiger partial charge in [0.05, 0.1) is 16.8 Å². The Kier molecular flexibility index (Phi) is 3.82. The Morgan fingerprint density at radius 1 is 1.45 bits per heavy atom. The Morgan fingerprint density at radius 3 is 2.90 bits per heavy atom. The van der Waals surface area contributed by atoms with Crippen LogP contribution in [0.2, 0.25) is 0 Å². The molecule has 1 aromatic heterocycles. The Bertz CT molecular complexity index is 646. The third kappa shape index (κ3) is 2.27. The SMILES string of the molecule is CCOC(=O)C1(c2nc3cc(Br)ccc3s2)CCCC1. The molecule has 1 heterocycles. The molecule has 0 amide bonds. The summed E-state index contributed by atoms with van der Waals surface area (Å²) in [5, 5.41) is 0.918. The first kappa shape index (κ1) is 14.0. The Morgan fingerprint density at radius 2 is 2.20 bits per heavy atom. The van der Waals surface area contributed by atoms with Crippen LogP contribution in [0, 0.1) is 0 Å². The number of esters is 1. The Labute approximate surface area is 130 Å². The van der Waals surface area contributed by atoms with Gasteiger partial charge in [-0.05, 0) is 38.0 Å². The predicted molar refractivity (Wildman–Crippen MR) is 84.1 cm³/mol. The molecule has 0 spiro atoms. The first-order chi connectivity index (χ1) is 9.65. The first-order valence-corrected chi connectivity index (χ1v) is 8.50. The topological polar surface area (TPSA) is 39.2 Å². The number of ether oxygens (including phenoxy) is 1. The van der Waals surface area contributed by atoms with E-state index in [1.54, 1.807) is 11.3 Å². The normalized spacial score (nSPS) is 17.5. The van der Waals surface area contributed by atoms with Gasteiger partial charge in [0.2, 0.25) is 0 Å². The predicted octanol–water partition coefficient (Wildman–Crippen LogP) is 4.43. The van der Waals surface area contributed by atoms with Gasteiger partial charge in [0, 0.05) is 4.47 Å². The van der Waals surface area contributed by atoms with Crippen LogP contribution in [-0.4, -0.2) is 17.6 Å². The third-order valence-corrected chi connectivity index (χ3v) is 5.62. The number of aromatic nitrogens is 1. The molecular formula is C15H16BrNO2S. The second-order valence-corrected chi connectivity index (χ2v) is 7.09. The highest BCUT2D eigenvalue weighted by Gasteiger charge is 2.46. The third-order valence-electron chi connectivity index (χ3n) is 3.88. The number of thiazole rings is 1. The molecule has 0 radical (unpaired) electrons. The van der Waals surface area contributed by atoms with Gasteiger partial charge in [0.15, 0.2) is 0 Å². The van der Waals surface area contributed by atoms with Gasteiger partial charge in [-0.15, -0.1) is 11.3 Å². The molecule has 1 fully saturated rings. The van der Waals surface area contributed by atoms with E-state index in [9.17, 15) is 4.79 Å². The Hall–Kier alpha value is -0.940. The molecule has 1 aromatic carbocycles. The van der Waals surface area contributed by atoms with Crippen molar-refractivity contribution in [2.45, 2.75) is 38.0 Å². The lowest BCUT2D eigenvalue weighted by atomic mass is 9.87. The molecule has 5 heteroatoms. The molecule has 3 nitrogen and oxygen atoms in total. The monoisotopic (exact) mass is 353 g/mol. The van der Waals surface area contributed by atoms with Crippen LogP contribution < -0.4 is 0 Å². The molecule has 2 aromatic rings. The van der Waals surface area contributed by atoms with Crippen molar-refractivity contribution in [2.24, 2.45) is 0 Å². The van der Waals surface area contributed by atoms with Crippen LogP contribution in [0.15, 0.2) is 22.7 Å². The molecule has 1 saturated carbocycles. The zero-order chi connectivity index (χ0) is 14.2. The van der Waals surface area contributed by atoms with Crippen LogP contribution in [0.5, 0.6) is 0 Å². The molecule has 0 aliphatic heterocycles. The van der Waals surface area contributed by atoms with Gasteiger partial charge in [0.25, 0.3) is 0 Å². The van der Waals surface area contributed by atoms with E-state index < -0.39 is 5.41 Å². The van der Waals surface area contributed by atoms with Crippen molar-refractivity contribution in [1.29, 1.82) is 0 Å². The number of carbonyl (C=O) groups is 1. The molecule has 1 aliphatic rings. The summed E-state index contributed by atoms with van der Waals surface area (Å²) in [6.07, 6.45) is 3.84. The van der Waals surface area contributed by atoms with Gasteiger partial charge >= 0.3 is 5.97 Å². The number of nitrogens with zero attached hydrogens (tertiary/aromatic N) is 1. The van der Waals surface area contributed by atoms with Crippen molar-refractivity contribution in [3.8, 4) is 0 Å². The minimum atomic E-state index is -0.508. The smallest absolute Gasteiger partial charge is 0.319 e. The van der Waals surface area contributed by atoms with Gasteiger partial charge in [-0.1, -0.05) is 28.8 Å². The van der Waals surface area contributed by atoms with E-state index >= 15 is 0 Å². The van der Waals surface area contributed by atoms with Crippen LogP contribution >= 0.6 is 27.3 Å². The second kappa shape index (κ2) is 5.45. The summed E-state index contributed by atoms with van der Waals surface area (Å²) in [6.45, 7) is 2.28. The summed E-state index contributed by atoms with van der Waals surface area (Å²) in [5.74, 6) is -0.101. The zero-order valence-corrected chi connectivity index (χ0v) is 13.7. The summed E-state index contributed by atoms with van der Waals surface area (Å²) in [4.78, 5) is 17.2. The highest BCUT2D eigenvalue weighted by atomic mass is 79.9. The standard InChI is InChI=1S/C15H16BrNO2S/c1-2-19-14(18)15(7-3-4-8-15)13-17-11-9-10(16)5-6-12(11)20-13/h5-6,9H,2-4,7-8H2,1H3. The minimum Gasteiger partial charge on any atom is -0.465 e. The highest BCUT2D eigenvalue weighted by molar-refractivity contribution is 9.10. The van der Waals surface area contributed by atoms with Crippen molar-refractivity contribution in [3.63, 3.8) is 0 Å². The summed E-state index contributed by atoms with van der Waals surface area (Å²) in [5.41, 5.74) is 0.446. The second-order valence-electron chi connectivity index (χ2n) is 5.14. The molecule has 3 rings (SSSR count). The summed E-state index contributed by atoms with van der Waals surface area (Å²) >= 11 is 5.09. The summed E-state index contributed by atoms with van der Waals surface area (Å²) in [7, 11) is 0. The number of carbonyl (C=O) groups excluding carboxylic acids is 1. The fourth-order valence-electron chi connectivity index (χ4n) is 2.86. The van der Waals surface area contributed by atoms with Gasteiger partial charge in [-0.2, -0.15) is 0 Å². The molecule has 0 bridgehead atoms. The lowest BCUT2D eigenvalue weighted by Gasteiger charge is -2.23. The van der Waals surface area contributed by atoms with Gasteiger partial charge in [-0.3, -0.25) is 4.79 Å². The quantitative estimate of drug-likeness (QED) is 0.766. The molecular weight excluding hydrogens is 338 g/mol. The number of hydrogen-bond donors (Lipinski definition) is 0. The summed E-state index contributed by atoms with van der Waals surface area (Å²) < 4.78 is 7.46. The van der Waals surface area contributed by atoms with Crippen molar-refractivity contribution < 1.29 is 9.53 Å². The van der Waals surface area contributed by atoms with E-state index in [2.05, 4.69) is 15.9 Å². The van der Waals surface area contributed by atoms with Crippen LogP contribution in [0.4, 0.5) is 0 Å². The summed E-state index contributed by atoms with van der Waals surface area (Å²) in [6, 6.07) is 6.06. The fourth-order valence-corrected chi connectivity index (χ4v) is 4.39. The van der Waals surface area contributed by atoms with Gasteiger partial charge < -0.3 is 4.74 Å². The largest absolute Gasteiger partial charge is 0.465 e. The van der Waals surface area contributed by atoms with Gasteiger partial charge in [0.1, 0.15) is 10.4 Å². The number of halogens is 1. The molecule has 20 heavy (non-hydrogen) atoms. The highest BCUT2D eigenvalue weighted by Crippen LogP contribution is 2.45. The van der Waals surface area contributed by atoms with Crippen LogP contribution in [0.3, 0.4) is 0 Å². The zero-order valence-electron chi connectivity index (χ0n) is 11.3. The van der Waals surface area contributed by atoms with E-state index in [0.29, 0.717) is 6.61 Å². The Balaban J connectivity index is 2.07. The number of hydrogen-bond acceptors (Lipinski definition) is 4. The first-order valence-electron chi connectivity index (χ1n) is 6.89. The number of benzene rings is 1. The van der Waals surface area contributed by atoms with Crippen LogP contribution in [0.1, 0.15) is 37.6 Å². The van der Waals surface area contributed by atoms with Crippen LogP contribution in [-0.2, 0) is 14.9 Å². The maximum Gasteiger partial charge on any atom is 0.319 e. The van der Waals surface area contributed by atoms with E-state index in [4.69, 9.17) is 9.72 Å². The average Bonchev–Trinajstić information content (AvgIpc) is 3.05. The van der Waals surface area contributed by atoms with Crippen molar-refractivity contribution in [1.82, 2.24) is 4.98 Å². The van der Waals surface area contributed by atoms with E-state index in [0.717, 1.165) is 45.4 Å². The molecule has 0 saturated heterocycles. The van der Waals surface area contributed by atoms with Crippen molar-refractivity contribution in [2.75, 3.05) is 6.61 Å². The maximum absolute atomic E-state index is 12.4. The lowest BCUT2D eigenvalue weighted by molar-refractivity contribution is -0.150.